The zero-order chi connectivity index (χ0) is 110. The molecule has 686 valence electrons. The number of aromatic nitrogens is 8. The SMILES string of the molecule is CC(C)Cc1cc(-c2[c-]cccc2)ncc1[Si](C)(C)C.CC(C)Cc1cc(-c2[c-]cccc2)ncc1[Si](C)(C)C.CC(C)c1cc(-c2[c-]cccc2)ncc1[Si](C)(C)C.CCC(C)c1cc(-c2[c-]cccc2)ncc1[Si](C)(C)C.[2H]c1[c-]c(-c2nc([2H])c([2H])c([2H])c2[2H])cc([2H])c1[2H].[2H]c1[c-]c(-c2nc([2H])c([2H])c([2H])c2[2H])cc([2H])c1[2H].[2H]c1nc(-c2[c-]cccc2)c([2H])c([2H])c1[2H].[2H]c1nc(-c2[c-]cccc2)c([2H])c([2H])c1[2H].[Ir].[Ir].[Ir].[Ir]. The second kappa shape index (κ2) is 57.1. The van der Waals surface area contributed by atoms with Crippen LogP contribution >= 0.6 is 0 Å². The van der Waals surface area contributed by atoms with Gasteiger partial charge in [-0.2, -0.15) is 0 Å². The van der Waals surface area contributed by atoms with E-state index in [1.165, 1.54) is 61.6 Å². The number of pyridine rings is 8. The van der Waals surface area contributed by atoms with Gasteiger partial charge < -0.3 is 39.9 Å². The summed E-state index contributed by atoms with van der Waals surface area (Å²) in [6.07, 6.45) is 10.4. The summed E-state index contributed by atoms with van der Waals surface area (Å²) in [7, 11) is -5.37. The molecule has 16 aromatic rings. The van der Waals surface area contributed by atoms with Gasteiger partial charge in [0.05, 0.1) is 54.2 Å². The summed E-state index contributed by atoms with van der Waals surface area (Å²) >= 11 is 0. The maximum Gasteiger partial charge on any atom is 0.0830 e. The van der Waals surface area contributed by atoms with Crippen LogP contribution in [0.2, 0.25) is 78.6 Å². The zero-order valence-electron chi connectivity index (χ0n) is 100.0. The van der Waals surface area contributed by atoms with Crippen molar-refractivity contribution in [2.45, 2.75) is 165 Å². The van der Waals surface area contributed by atoms with Crippen molar-refractivity contribution in [1.82, 2.24) is 39.9 Å². The molecule has 0 spiro atoms. The van der Waals surface area contributed by atoms with Crippen LogP contribution in [0.4, 0.5) is 0 Å². The molecule has 0 fully saturated rings. The topological polar surface area (TPSA) is 103 Å². The van der Waals surface area contributed by atoms with Crippen LogP contribution < -0.4 is 20.7 Å². The first-order chi connectivity index (χ1) is 69.9. The Balaban J connectivity index is 0.000000306. The molecule has 1 unspecified atom stereocenters. The minimum Gasteiger partial charge on any atom is -0.305 e. The van der Waals surface area contributed by atoms with Gasteiger partial charge in [-0.15, -0.1) is 287 Å². The van der Waals surface area contributed by atoms with Crippen LogP contribution in [-0.4, -0.2) is 72.2 Å². The first-order valence-electron chi connectivity index (χ1n) is 53.6. The molecule has 0 aliphatic rings. The maximum absolute atomic E-state index is 7.72. The van der Waals surface area contributed by atoms with Crippen molar-refractivity contribution in [1.29, 1.82) is 0 Å². The fraction of sp³-hybridized carbons (Fsp3) is 0.235. The van der Waals surface area contributed by atoms with E-state index in [2.05, 4.69) is 291 Å². The van der Waals surface area contributed by atoms with E-state index in [0.717, 1.165) is 57.9 Å². The predicted octanol–water partition coefficient (Wildman–Crippen LogP) is 27.6. The van der Waals surface area contributed by atoms with E-state index >= 15 is 0 Å². The second-order valence-electron chi connectivity index (χ2n) is 35.0. The standard InChI is InChI=1S/3C18H24NSi.C17H22NSi.4C11H8N.4Ir/c2*1-14(2)11-16-12-17(15-9-7-6-8-10-15)19-13-18(16)20(3,4)5;1-6-14(2)16-12-17(15-10-8-7-9-11-15)19-13-18(16)20(3,4)5;1-13(2)15-11-16(14-9-7-6-8-10-14)18-12-17(15)19(3,4)5;4*1-2-6-10(7-3-1)11-8-4-5-9-12-11;;;;/h2*6-9,12-14H,11H2,1-5H3;7-10,12-14H,6H2,1-5H3;6-9,11-13H,1-5H3;4*1-6,8-9H;;;;/q8*-1;;;;/i;;;;2*1D,2D,3D,4D,5D,8D,9D;2*4D,5D,8D,9D;;;;. The fourth-order valence-electron chi connectivity index (χ4n) is 13.0. The number of hydrogen-bond acceptors (Lipinski definition) is 8. The summed E-state index contributed by atoms with van der Waals surface area (Å²) in [5, 5.41) is 5.95. The first-order valence-corrected chi connectivity index (χ1v) is 56.6. The van der Waals surface area contributed by atoms with Gasteiger partial charge >= 0.3 is 0 Å². The Morgan fingerprint density at radius 2 is 0.527 bits per heavy atom. The smallest absolute Gasteiger partial charge is 0.0830 e. The normalized spacial score (nSPS) is 13.3. The molecule has 0 aliphatic carbocycles. The van der Waals surface area contributed by atoms with Gasteiger partial charge in [0.15, 0.2) is 0 Å². The Hall–Kier alpha value is -9.58. The van der Waals surface area contributed by atoms with Crippen LogP contribution in [0.5, 0.6) is 0 Å². The van der Waals surface area contributed by atoms with E-state index in [0.29, 0.717) is 34.8 Å². The molecule has 0 bridgehead atoms. The average molecular weight is 2520 g/mol. The van der Waals surface area contributed by atoms with E-state index in [1.807, 2.05) is 72.8 Å². The van der Waals surface area contributed by atoms with Crippen LogP contribution in [-0.2, 0) is 93.3 Å². The monoisotopic (exact) mass is 2520 g/mol. The van der Waals surface area contributed by atoms with Gasteiger partial charge in [-0.05, 0) is 136 Å². The summed E-state index contributed by atoms with van der Waals surface area (Å²) in [5.74, 6) is 2.45. The molecule has 131 heavy (non-hydrogen) atoms. The van der Waals surface area contributed by atoms with E-state index in [1.54, 1.807) is 48.5 Å². The van der Waals surface area contributed by atoms with E-state index < -0.39 is 68.8 Å². The van der Waals surface area contributed by atoms with Gasteiger partial charge in [0, 0.05) is 135 Å². The van der Waals surface area contributed by atoms with E-state index in [4.69, 9.17) is 35.1 Å². The Bertz CT molecular complexity index is 6910. The summed E-state index contributed by atoms with van der Waals surface area (Å²) < 4.78 is 165. The van der Waals surface area contributed by atoms with Crippen LogP contribution in [0.1, 0.15) is 126 Å². The van der Waals surface area contributed by atoms with Crippen molar-refractivity contribution in [2.24, 2.45) is 11.8 Å². The van der Waals surface area contributed by atoms with Crippen molar-refractivity contribution >= 4 is 53.0 Å². The molecular formula is C115H126Ir4N8Si4-8. The molecule has 0 amide bonds. The number of nitrogens with zero attached hydrogens (tertiary/aromatic N) is 8. The molecule has 0 N–H and O–H groups in total. The van der Waals surface area contributed by atoms with Crippen molar-refractivity contribution in [3.8, 4) is 90.1 Å². The van der Waals surface area contributed by atoms with Crippen LogP contribution in [0.15, 0.2) is 340 Å². The molecule has 8 aromatic carbocycles. The second-order valence-corrected chi connectivity index (χ2v) is 55.2. The Morgan fingerprint density at radius 3 is 0.771 bits per heavy atom. The molecule has 4 radical (unpaired) electrons. The molecule has 1 atom stereocenters. The largest absolute Gasteiger partial charge is 0.305 e. The molecule has 8 aromatic heterocycles. The van der Waals surface area contributed by atoms with Crippen molar-refractivity contribution in [3.63, 3.8) is 0 Å². The van der Waals surface area contributed by atoms with Gasteiger partial charge in [0.1, 0.15) is 0 Å². The van der Waals surface area contributed by atoms with E-state index in [-0.39, 0.29) is 211 Å². The molecule has 8 nitrogen and oxygen atoms in total. The summed E-state index contributed by atoms with van der Waals surface area (Å²) in [6, 6.07) is 76.0. The van der Waals surface area contributed by atoms with Crippen molar-refractivity contribution in [3.05, 3.63) is 411 Å². The molecular weight excluding hydrogens is 2370 g/mol. The molecule has 0 saturated carbocycles. The number of hydrogen-bond donors (Lipinski definition) is 0. The van der Waals surface area contributed by atoms with Crippen LogP contribution in [0, 0.1) is 60.4 Å². The van der Waals surface area contributed by atoms with Gasteiger partial charge in [0.25, 0.3) is 0 Å². The third kappa shape index (κ3) is 37.4. The summed E-state index contributed by atoms with van der Waals surface area (Å²) in [6.45, 7) is 46.9. The quantitative estimate of drug-likeness (QED) is 0.0583. The maximum atomic E-state index is 7.72. The van der Waals surface area contributed by atoms with Crippen molar-refractivity contribution in [2.75, 3.05) is 0 Å². The number of benzene rings is 8. The molecule has 0 aliphatic heterocycles. The summed E-state index contributed by atoms with van der Waals surface area (Å²) in [5.41, 5.74) is 16.0. The average Bonchev–Trinajstić information content (AvgIpc) is 0.784. The molecule has 16 heteroatoms. The zero-order valence-corrected chi connectivity index (χ0v) is 91.6. The molecule has 8 heterocycles. The van der Waals surface area contributed by atoms with Gasteiger partial charge in [-0.25, -0.2) is 0 Å². The van der Waals surface area contributed by atoms with Crippen LogP contribution in [0.3, 0.4) is 0 Å². The third-order valence-electron chi connectivity index (χ3n) is 19.4. The van der Waals surface area contributed by atoms with Gasteiger partial charge in [0.2, 0.25) is 0 Å². The minimum atomic E-state index is -1.35. The van der Waals surface area contributed by atoms with E-state index in [9.17, 15) is 0 Å². The summed E-state index contributed by atoms with van der Waals surface area (Å²) in [4.78, 5) is 33.9. The molecule has 0 saturated heterocycles. The third-order valence-corrected chi connectivity index (χ3v) is 27.6. The Labute approximate surface area is 874 Å². The van der Waals surface area contributed by atoms with Gasteiger partial charge in [-0.1, -0.05) is 229 Å². The van der Waals surface area contributed by atoms with Crippen LogP contribution in [0.25, 0.3) is 90.1 Å². The fourth-order valence-corrected chi connectivity index (χ4v) is 19.5. The first kappa shape index (κ1) is 81.0. The van der Waals surface area contributed by atoms with Gasteiger partial charge in [-0.3, -0.25) is 0 Å². The predicted molar refractivity (Wildman–Crippen MR) is 550 cm³/mol. The Morgan fingerprint density at radius 1 is 0.275 bits per heavy atom. The number of rotatable bonds is 19. The minimum absolute atomic E-state index is 0. The van der Waals surface area contributed by atoms with Crippen molar-refractivity contribution < 1.29 is 111 Å². The Kier molecular flexibility index (Phi) is 35.3. The molecule has 16 rings (SSSR count).